The van der Waals surface area contributed by atoms with Crippen LogP contribution < -0.4 is 0 Å². The molecule has 7 nitrogen and oxygen atoms in total. The van der Waals surface area contributed by atoms with E-state index in [0.29, 0.717) is 36.3 Å². The molecule has 0 radical (unpaired) electrons. The number of imide groups is 1. The van der Waals surface area contributed by atoms with E-state index in [1.807, 2.05) is 25.3 Å². The van der Waals surface area contributed by atoms with Gasteiger partial charge in [0.05, 0.1) is 11.1 Å². The van der Waals surface area contributed by atoms with E-state index in [0.717, 1.165) is 35.9 Å². The summed E-state index contributed by atoms with van der Waals surface area (Å²) in [6.07, 6.45) is 8.21. The molecule has 32 heavy (non-hydrogen) atoms. The van der Waals surface area contributed by atoms with Crippen molar-refractivity contribution in [1.29, 1.82) is 0 Å². The molecule has 2 aromatic heterocycles. The van der Waals surface area contributed by atoms with E-state index in [2.05, 4.69) is 16.0 Å². The molecule has 0 unspecified atom stereocenters. The Kier molecular flexibility index (Phi) is 5.09. The lowest BCUT2D eigenvalue weighted by Crippen LogP contribution is -2.34. The molecule has 0 saturated heterocycles. The average Bonchev–Trinajstić information content (AvgIpc) is 3.36. The number of nitrogens with zero attached hydrogens (tertiary/aromatic N) is 3. The number of carbonyl (C=O) groups excluding carboxylic acids is 3. The lowest BCUT2D eigenvalue weighted by atomic mass is 9.98. The van der Waals surface area contributed by atoms with Crippen LogP contribution in [0.5, 0.6) is 0 Å². The number of nitrogens with one attached hydrogen (secondary N) is 1. The lowest BCUT2D eigenvalue weighted by Gasteiger charge is -2.26. The number of benzene rings is 1. The molecule has 162 valence electrons. The molecule has 0 fully saturated rings. The van der Waals surface area contributed by atoms with Crippen LogP contribution in [0.25, 0.3) is 16.6 Å². The van der Waals surface area contributed by atoms with E-state index in [-0.39, 0.29) is 17.7 Å². The van der Waals surface area contributed by atoms with Crippen molar-refractivity contribution in [2.45, 2.75) is 26.2 Å². The van der Waals surface area contributed by atoms with Crippen molar-refractivity contribution in [3.63, 3.8) is 0 Å². The maximum Gasteiger partial charge on any atom is 0.261 e. The predicted octanol–water partition coefficient (Wildman–Crippen LogP) is 3.89. The van der Waals surface area contributed by atoms with Gasteiger partial charge in [0, 0.05) is 48.5 Å². The molecule has 0 bridgehead atoms. The van der Waals surface area contributed by atoms with Gasteiger partial charge >= 0.3 is 0 Å². The van der Waals surface area contributed by atoms with Crippen LogP contribution in [-0.4, -0.2) is 57.1 Å². The summed E-state index contributed by atoms with van der Waals surface area (Å²) in [5, 5.41) is 1.08. The molecule has 3 amide bonds. The van der Waals surface area contributed by atoms with E-state index in [4.69, 9.17) is 0 Å². The summed E-state index contributed by atoms with van der Waals surface area (Å²) in [6, 6.07) is 8.80. The fraction of sp³-hybridized carbons (Fsp3) is 0.280. The molecule has 1 N–H and O–H groups in total. The summed E-state index contributed by atoms with van der Waals surface area (Å²) >= 11 is 0. The minimum absolute atomic E-state index is 0.129. The summed E-state index contributed by atoms with van der Waals surface area (Å²) in [6.45, 7) is 3.51. The second-order valence-corrected chi connectivity index (χ2v) is 8.21. The molecule has 0 spiro atoms. The van der Waals surface area contributed by atoms with Crippen molar-refractivity contribution in [2.75, 3.05) is 19.6 Å². The molecule has 7 heteroatoms. The second kappa shape index (κ2) is 8.07. The molecular formula is C25H24N4O3. The Morgan fingerprint density at radius 1 is 1.12 bits per heavy atom. The zero-order valence-electron chi connectivity index (χ0n) is 17.9. The normalized spacial score (nSPS) is 16.0. The van der Waals surface area contributed by atoms with Gasteiger partial charge in [-0.05, 0) is 48.7 Å². The van der Waals surface area contributed by atoms with Crippen molar-refractivity contribution in [3.8, 4) is 0 Å². The molecule has 4 heterocycles. The van der Waals surface area contributed by atoms with E-state index >= 15 is 0 Å². The van der Waals surface area contributed by atoms with Gasteiger partial charge in [-0.25, -0.2) is 4.98 Å². The fourth-order valence-electron chi connectivity index (χ4n) is 4.45. The van der Waals surface area contributed by atoms with Gasteiger partial charge in [-0.15, -0.1) is 0 Å². The van der Waals surface area contributed by atoms with Crippen LogP contribution in [0, 0.1) is 0 Å². The highest BCUT2D eigenvalue weighted by atomic mass is 16.2. The van der Waals surface area contributed by atoms with Crippen molar-refractivity contribution < 1.29 is 14.4 Å². The van der Waals surface area contributed by atoms with Crippen LogP contribution in [0.3, 0.4) is 0 Å². The maximum absolute atomic E-state index is 13.1. The Labute approximate surface area is 185 Å². The first-order valence-corrected chi connectivity index (χ1v) is 11.0. The largest absolute Gasteiger partial charge is 0.346 e. The number of unbranched alkanes of at least 4 members (excludes halogenated alkanes) is 1. The molecule has 2 aliphatic rings. The van der Waals surface area contributed by atoms with Gasteiger partial charge in [0.25, 0.3) is 17.7 Å². The van der Waals surface area contributed by atoms with Crippen molar-refractivity contribution in [2.24, 2.45) is 0 Å². The first kappa shape index (κ1) is 20.2. The van der Waals surface area contributed by atoms with Crippen LogP contribution in [0.4, 0.5) is 0 Å². The van der Waals surface area contributed by atoms with Crippen LogP contribution in [0.1, 0.15) is 62.8 Å². The minimum Gasteiger partial charge on any atom is -0.346 e. The Morgan fingerprint density at radius 2 is 1.97 bits per heavy atom. The van der Waals surface area contributed by atoms with Crippen molar-refractivity contribution in [3.05, 3.63) is 71.1 Å². The van der Waals surface area contributed by atoms with E-state index in [9.17, 15) is 14.4 Å². The Bertz CT molecular complexity index is 1270. The number of rotatable bonds is 5. The smallest absolute Gasteiger partial charge is 0.261 e. The SMILES string of the molecule is CCCCN1C(=O)c2ccc(C(=O)N3CC=C(c4c[nH]c5ncccc45)CC3)cc2C1=O. The number of fused-ring (bicyclic) bond motifs is 2. The molecule has 0 saturated carbocycles. The maximum atomic E-state index is 13.1. The molecule has 1 aromatic carbocycles. The number of pyridine rings is 1. The standard InChI is InChI=1S/C25H24N4O3/c1-2-3-11-29-24(31)19-7-6-17(14-20(19)25(29)32)23(30)28-12-8-16(9-13-28)21-15-27-22-18(21)5-4-10-26-22/h4-8,10,14-15H,2-3,9,11-13H2,1H3,(H,26,27). The summed E-state index contributed by atoms with van der Waals surface area (Å²) in [5.74, 6) is -0.700. The number of amides is 3. The van der Waals surface area contributed by atoms with Gasteiger partial charge in [0.2, 0.25) is 0 Å². The highest BCUT2D eigenvalue weighted by Crippen LogP contribution is 2.29. The van der Waals surface area contributed by atoms with E-state index < -0.39 is 0 Å². The second-order valence-electron chi connectivity index (χ2n) is 8.21. The topological polar surface area (TPSA) is 86.4 Å². The predicted molar refractivity (Wildman–Crippen MR) is 121 cm³/mol. The van der Waals surface area contributed by atoms with Gasteiger partial charge in [-0.2, -0.15) is 0 Å². The monoisotopic (exact) mass is 428 g/mol. The van der Waals surface area contributed by atoms with Gasteiger partial charge in [-0.3, -0.25) is 19.3 Å². The first-order valence-electron chi connectivity index (χ1n) is 11.0. The molecule has 2 aliphatic heterocycles. The Hall–Kier alpha value is -3.74. The van der Waals surface area contributed by atoms with E-state index in [1.165, 1.54) is 10.5 Å². The Morgan fingerprint density at radius 3 is 2.75 bits per heavy atom. The van der Waals surface area contributed by atoms with Crippen molar-refractivity contribution in [1.82, 2.24) is 19.8 Å². The number of hydrogen-bond acceptors (Lipinski definition) is 4. The zero-order valence-corrected chi connectivity index (χ0v) is 17.9. The third-order valence-electron chi connectivity index (χ3n) is 6.25. The van der Waals surface area contributed by atoms with Crippen LogP contribution in [0.15, 0.2) is 48.8 Å². The lowest BCUT2D eigenvalue weighted by molar-refractivity contribution is 0.0652. The highest BCUT2D eigenvalue weighted by molar-refractivity contribution is 6.22. The first-order chi connectivity index (χ1) is 15.6. The quantitative estimate of drug-likeness (QED) is 0.625. The Balaban J connectivity index is 1.34. The molecule has 0 aliphatic carbocycles. The summed E-state index contributed by atoms with van der Waals surface area (Å²) in [5.41, 5.74) is 4.32. The van der Waals surface area contributed by atoms with Crippen LogP contribution in [-0.2, 0) is 0 Å². The number of hydrogen-bond donors (Lipinski definition) is 1. The van der Waals surface area contributed by atoms with Gasteiger partial charge in [0.1, 0.15) is 5.65 Å². The van der Waals surface area contributed by atoms with E-state index in [1.54, 1.807) is 29.3 Å². The molecule has 0 atom stereocenters. The average molecular weight is 428 g/mol. The number of carbonyl (C=O) groups is 3. The fourth-order valence-corrected chi connectivity index (χ4v) is 4.45. The zero-order chi connectivity index (χ0) is 22.2. The third kappa shape index (κ3) is 3.30. The highest BCUT2D eigenvalue weighted by Gasteiger charge is 2.35. The summed E-state index contributed by atoms with van der Waals surface area (Å²) in [4.78, 5) is 49.0. The minimum atomic E-state index is -0.304. The molecular weight excluding hydrogens is 404 g/mol. The van der Waals surface area contributed by atoms with Crippen LogP contribution >= 0.6 is 0 Å². The van der Waals surface area contributed by atoms with Gasteiger partial charge in [0.15, 0.2) is 0 Å². The number of aromatic amines is 1. The summed E-state index contributed by atoms with van der Waals surface area (Å²) in [7, 11) is 0. The van der Waals surface area contributed by atoms with Gasteiger partial charge in [-0.1, -0.05) is 19.4 Å². The molecule has 5 rings (SSSR count). The third-order valence-corrected chi connectivity index (χ3v) is 6.25. The van der Waals surface area contributed by atoms with Crippen molar-refractivity contribution >= 4 is 34.3 Å². The van der Waals surface area contributed by atoms with Crippen LogP contribution in [0.2, 0.25) is 0 Å². The molecule has 3 aromatic rings. The van der Waals surface area contributed by atoms with Gasteiger partial charge < -0.3 is 9.88 Å². The summed E-state index contributed by atoms with van der Waals surface area (Å²) < 4.78 is 0. The number of aromatic nitrogens is 2. The number of H-pyrrole nitrogens is 1.